The van der Waals surface area contributed by atoms with Gasteiger partial charge in [0.05, 0.1) is 16.8 Å². The van der Waals surface area contributed by atoms with Crippen molar-refractivity contribution in [2.75, 3.05) is 17.2 Å². The van der Waals surface area contributed by atoms with Crippen LogP contribution in [0.1, 0.15) is 32.4 Å². The number of hydrogen-bond donors (Lipinski definition) is 2. The quantitative estimate of drug-likeness (QED) is 0.623. The van der Waals surface area contributed by atoms with Crippen molar-refractivity contribution in [2.45, 2.75) is 6.10 Å². The number of imide groups is 1. The summed E-state index contributed by atoms with van der Waals surface area (Å²) in [7, 11) is 0. The van der Waals surface area contributed by atoms with Crippen LogP contribution < -0.4 is 15.4 Å². The zero-order valence-corrected chi connectivity index (χ0v) is 16.7. The van der Waals surface area contributed by atoms with Gasteiger partial charge in [0.1, 0.15) is 12.3 Å². The SMILES string of the molecule is O=C(CN1C(=O)c2ccccc2C1=O)Nc1ccc2c(c1)NC(=O)C(c1ccccc1)O2. The molecule has 0 radical (unpaired) electrons. The number of amides is 4. The van der Waals surface area contributed by atoms with Gasteiger partial charge in [0.15, 0.2) is 0 Å². The number of fused-ring (bicyclic) bond motifs is 2. The van der Waals surface area contributed by atoms with E-state index in [1.54, 1.807) is 42.5 Å². The number of rotatable bonds is 4. The minimum absolute atomic E-state index is 0.284. The van der Waals surface area contributed by atoms with Crippen molar-refractivity contribution in [1.82, 2.24) is 4.90 Å². The maximum Gasteiger partial charge on any atom is 0.270 e. The predicted molar refractivity (Wildman–Crippen MR) is 115 cm³/mol. The second-order valence-electron chi connectivity index (χ2n) is 7.40. The monoisotopic (exact) mass is 427 g/mol. The van der Waals surface area contributed by atoms with Crippen LogP contribution in [-0.4, -0.2) is 35.1 Å². The molecule has 8 nitrogen and oxygen atoms in total. The van der Waals surface area contributed by atoms with E-state index in [1.165, 1.54) is 0 Å². The van der Waals surface area contributed by atoms with Gasteiger partial charge in [-0.2, -0.15) is 0 Å². The predicted octanol–water partition coefficient (Wildman–Crippen LogP) is 2.99. The average molecular weight is 427 g/mol. The van der Waals surface area contributed by atoms with Crippen LogP contribution in [0, 0.1) is 0 Å². The van der Waals surface area contributed by atoms with Gasteiger partial charge in [-0.15, -0.1) is 0 Å². The first-order valence-corrected chi connectivity index (χ1v) is 9.93. The van der Waals surface area contributed by atoms with E-state index in [2.05, 4.69) is 10.6 Å². The van der Waals surface area contributed by atoms with E-state index in [0.29, 0.717) is 17.1 Å². The Hall–Kier alpha value is -4.46. The number of carbonyl (C=O) groups is 4. The molecule has 2 aliphatic heterocycles. The van der Waals surface area contributed by atoms with Crippen LogP contribution in [0.15, 0.2) is 72.8 Å². The fraction of sp³-hybridized carbons (Fsp3) is 0.0833. The van der Waals surface area contributed by atoms with Gasteiger partial charge in [0.2, 0.25) is 12.0 Å². The third kappa shape index (κ3) is 3.37. The van der Waals surface area contributed by atoms with Gasteiger partial charge in [-0.05, 0) is 30.3 Å². The molecule has 0 aromatic heterocycles. The van der Waals surface area contributed by atoms with Gasteiger partial charge in [-0.1, -0.05) is 42.5 Å². The Kier molecular flexibility index (Phi) is 4.67. The summed E-state index contributed by atoms with van der Waals surface area (Å²) in [6.45, 7) is -0.414. The molecular formula is C24H17N3O5. The molecule has 8 heteroatoms. The first-order valence-electron chi connectivity index (χ1n) is 9.93. The Balaban J connectivity index is 1.28. The van der Waals surface area contributed by atoms with Crippen LogP contribution in [0.25, 0.3) is 0 Å². The summed E-state index contributed by atoms with van der Waals surface area (Å²) >= 11 is 0. The van der Waals surface area contributed by atoms with Gasteiger partial charge in [0.25, 0.3) is 17.7 Å². The van der Waals surface area contributed by atoms with Crippen LogP contribution >= 0.6 is 0 Å². The molecule has 2 heterocycles. The molecule has 1 atom stereocenters. The lowest BCUT2D eigenvalue weighted by Crippen LogP contribution is -2.37. The highest BCUT2D eigenvalue weighted by Gasteiger charge is 2.36. The van der Waals surface area contributed by atoms with Crippen molar-refractivity contribution in [1.29, 1.82) is 0 Å². The first-order chi connectivity index (χ1) is 15.5. The Morgan fingerprint density at radius 1 is 0.906 bits per heavy atom. The number of nitrogens with one attached hydrogen (secondary N) is 2. The van der Waals surface area contributed by atoms with E-state index < -0.39 is 30.4 Å². The van der Waals surface area contributed by atoms with Crippen LogP contribution in [0.2, 0.25) is 0 Å². The molecule has 3 aromatic carbocycles. The summed E-state index contributed by atoms with van der Waals surface area (Å²) in [6, 6.07) is 20.4. The molecule has 0 fully saturated rings. The number of nitrogens with zero attached hydrogens (tertiary/aromatic N) is 1. The highest BCUT2D eigenvalue weighted by Crippen LogP contribution is 2.36. The Morgan fingerprint density at radius 2 is 1.56 bits per heavy atom. The molecule has 0 saturated heterocycles. The van der Waals surface area contributed by atoms with E-state index >= 15 is 0 Å². The molecule has 3 aromatic rings. The number of hydrogen-bond acceptors (Lipinski definition) is 5. The lowest BCUT2D eigenvalue weighted by atomic mass is 10.1. The summed E-state index contributed by atoms with van der Waals surface area (Å²) in [4.78, 5) is 50.8. The number of ether oxygens (including phenoxy) is 1. The van der Waals surface area contributed by atoms with Crippen LogP contribution in [0.4, 0.5) is 11.4 Å². The van der Waals surface area contributed by atoms with Crippen LogP contribution in [0.3, 0.4) is 0 Å². The fourth-order valence-electron chi connectivity index (χ4n) is 3.76. The third-order valence-corrected chi connectivity index (χ3v) is 5.29. The molecule has 0 saturated carbocycles. The molecule has 0 aliphatic carbocycles. The van der Waals surface area contributed by atoms with Crippen LogP contribution in [0.5, 0.6) is 5.75 Å². The summed E-state index contributed by atoms with van der Waals surface area (Å²) in [5.41, 5.74) is 2.11. The zero-order valence-electron chi connectivity index (χ0n) is 16.7. The minimum atomic E-state index is -0.766. The standard InChI is InChI=1S/C24H17N3O5/c28-20(13-27-23(30)16-8-4-5-9-17(16)24(27)31)25-15-10-11-19-18(12-15)26-22(29)21(32-19)14-6-2-1-3-7-14/h1-12,21H,13H2,(H,25,28)(H,26,29). The topological polar surface area (TPSA) is 105 Å². The van der Waals surface area contributed by atoms with E-state index in [1.807, 2.05) is 30.3 Å². The van der Waals surface area contributed by atoms with Gasteiger partial charge in [0, 0.05) is 11.3 Å². The lowest BCUT2D eigenvalue weighted by molar-refractivity contribution is -0.123. The van der Waals surface area contributed by atoms with E-state index in [4.69, 9.17) is 4.74 Å². The molecule has 32 heavy (non-hydrogen) atoms. The second-order valence-corrected chi connectivity index (χ2v) is 7.40. The van der Waals surface area contributed by atoms with Gasteiger partial charge in [-0.3, -0.25) is 24.1 Å². The van der Waals surface area contributed by atoms with E-state index in [0.717, 1.165) is 10.5 Å². The minimum Gasteiger partial charge on any atom is -0.474 e. The maximum absolute atomic E-state index is 12.5. The summed E-state index contributed by atoms with van der Waals surface area (Å²) in [5, 5.41) is 5.44. The van der Waals surface area contributed by atoms with Crippen molar-refractivity contribution in [3.8, 4) is 5.75 Å². The molecular weight excluding hydrogens is 410 g/mol. The summed E-state index contributed by atoms with van der Waals surface area (Å²) in [5.74, 6) is -1.39. The normalized spacial score (nSPS) is 16.7. The highest BCUT2D eigenvalue weighted by atomic mass is 16.5. The van der Waals surface area contributed by atoms with Crippen LogP contribution in [-0.2, 0) is 9.59 Å². The molecule has 0 bridgehead atoms. The molecule has 1 unspecified atom stereocenters. The zero-order chi connectivity index (χ0) is 22.2. The number of carbonyl (C=O) groups excluding carboxylic acids is 4. The van der Waals surface area contributed by atoms with Gasteiger partial charge < -0.3 is 15.4 Å². The average Bonchev–Trinajstić information content (AvgIpc) is 3.04. The molecule has 158 valence electrons. The van der Waals surface area contributed by atoms with Crippen molar-refractivity contribution >= 4 is 35.0 Å². The number of anilines is 2. The lowest BCUT2D eigenvalue weighted by Gasteiger charge is -2.26. The van der Waals surface area contributed by atoms with Gasteiger partial charge >= 0.3 is 0 Å². The largest absolute Gasteiger partial charge is 0.474 e. The Morgan fingerprint density at radius 3 is 2.25 bits per heavy atom. The summed E-state index contributed by atoms with van der Waals surface area (Å²) < 4.78 is 5.84. The van der Waals surface area contributed by atoms with Crippen molar-refractivity contribution in [3.05, 3.63) is 89.5 Å². The Labute approximate surface area is 182 Å². The van der Waals surface area contributed by atoms with Crippen molar-refractivity contribution in [3.63, 3.8) is 0 Å². The van der Waals surface area contributed by atoms with Crippen molar-refractivity contribution < 1.29 is 23.9 Å². The van der Waals surface area contributed by atoms with Gasteiger partial charge in [-0.25, -0.2) is 0 Å². The number of benzene rings is 3. The maximum atomic E-state index is 12.5. The third-order valence-electron chi connectivity index (χ3n) is 5.29. The summed E-state index contributed by atoms with van der Waals surface area (Å²) in [6.07, 6.45) is -0.766. The first kappa shape index (κ1) is 19.5. The molecule has 0 spiro atoms. The molecule has 4 amide bonds. The van der Waals surface area contributed by atoms with E-state index in [9.17, 15) is 19.2 Å². The highest BCUT2D eigenvalue weighted by molar-refractivity contribution is 6.22. The second kappa shape index (κ2) is 7.66. The van der Waals surface area contributed by atoms with Crippen molar-refractivity contribution in [2.24, 2.45) is 0 Å². The molecule has 2 aliphatic rings. The molecule has 2 N–H and O–H groups in total. The Bertz CT molecular complexity index is 1240. The smallest absolute Gasteiger partial charge is 0.270 e. The molecule has 5 rings (SSSR count). The van der Waals surface area contributed by atoms with E-state index in [-0.39, 0.29) is 17.0 Å². The fourth-order valence-corrected chi connectivity index (χ4v) is 3.76.